The number of ether oxygens (including phenoxy) is 4. The van der Waals surface area contributed by atoms with Crippen LogP contribution < -0.4 is 15.4 Å². The summed E-state index contributed by atoms with van der Waals surface area (Å²) in [5.74, 6) is -0.182. The van der Waals surface area contributed by atoms with Gasteiger partial charge in [-0.25, -0.2) is 0 Å². The van der Waals surface area contributed by atoms with Gasteiger partial charge in [-0.15, -0.1) is 0 Å². The van der Waals surface area contributed by atoms with E-state index >= 15 is 0 Å². The Balaban J connectivity index is 1.67. The molecular weight excluding hydrogens is 418 g/mol. The van der Waals surface area contributed by atoms with E-state index in [1.807, 2.05) is 0 Å². The molecule has 2 heterocycles. The lowest BCUT2D eigenvalue weighted by Gasteiger charge is -2.42. The van der Waals surface area contributed by atoms with Crippen molar-refractivity contribution < 1.29 is 33.3 Å². The van der Waals surface area contributed by atoms with Crippen LogP contribution in [0.25, 0.3) is 0 Å². The number of hydrogen-bond donors (Lipinski definition) is 2. The smallest absolute Gasteiger partial charge is 0.257 e. The fourth-order valence-corrected chi connectivity index (χ4v) is 4.00. The zero-order chi connectivity index (χ0) is 23.1. The predicted octanol–water partition coefficient (Wildman–Crippen LogP) is 0.805. The first kappa shape index (κ1) is 24.0. The second kappa shape index (κ2) is 11.3. The van der Waals surface area contributed by atoms with Crippen LogP contribution in [0.4, 0.5) is 5.69 Å². The molecule has 0 radical (unpaired) electrons. The van der Waals surface area contributed by atoms with E-state index in [1.54, 1.807) is 37.3 Å². The number of carbonyl (C=O) groups excluding carboxylic acids is 3. The summed E-state index contributed by atoms with van der Waals surface area (Å²) in [4.78, 5) is 38.8. The lowest BCUT2D eigenvalue weighted by Crippen LogP contribution is -2.54. The number of rotatable bonds is 8. The molecule has 10 heteroatoms. The molecule has 0 aliphatic carbocycles. The minimum absolute atomic E-state index is 0.0753. The van der Waals surface area contributed by atoms with Crippen LogP contribution in [0.5, 0.6) is 5.75 Å². The first-order valence-electron chi connectivity index (χ1n) is 10.7. The highest BCUT2D eigenvalue weighted by molar-refractivity contribution is 6.00. The van der Waals surface area contributed by atoms with Crippen molar-refractivity contribution >= 4 is 23.4 Å². The predicted molar refractivity (Wildman–Crippen MR) is 116 cm³/mol. The first-order chi connectivity index (χ1) is 15.4. The van der Waals surface area contributed by atoms with Gasteiger partial charge in [0.25, 0.3) is 5.91 Å². The summed E-state index contributed by atoms with van der Waals surface area (Å²) in [6, 6.07) is 4.77. The van der Waals surface area contributed by atoms with Gasteiger partial charge in [0.2, 0.25) is 11.8 Å². The topological polar surface area (TPSA) is 115 Å². The summed E-state index contributed by atoms with van der Waals surface area (Å²) in [6.07, 6.45) is 1.04. The Morgan fingerprint density at radius 1 is 1.19 bits per heavy atom. The van der Waals surface area contributed by atoms with E-state index in [4.69, 9.17) is 18.9 Å². The highest BCUT2D eigenvalue weighted by Crippen LogP contribution is 2.32. The van der Waals surface area contributed by atoms with Crippen LogP contribution >= 0.6 is 0 Å². The SMILES string of the molecule is COCCNC(=O)C[C@H]1CC[C@H]2[C@H](COc3ccc(NC(=O)COC)cc3C(=O)N2C)O1. The largest absolute Gasteiger partial charge is 0.490 e. The Hall–Kier alpha value is -2.69. The van der Waals surface area contributed by atoms with E-state index in [0.717, 1.165) is 0 Å². The van der Waals surface area contributed by atoms with Crippen molar-refractivity contribution in [3.63, 3.8) is 0 Å². The second-order valence-corrected chi connectivity index (χ2v) is 7.91. The van der Waals surface area contributed by atoms with Gasteiger partial charge in [-0.05, 0) is 31.0 Å². The van der Waals surface area contributed by atoms with Crippen molar-refractivity contribution in [1.82, 2.24) is 10.2 Å². The first-order valence-corrected chi connectivity index (χ1v) is 10.7. The number of likely N-dealkylation sites (N-methyl/N-ethyl adjacent to an activating group) is 1. The summed E-state index contributed by atoms with van der Waals surface area (Å²) in [6.45, 7) is 1.10. The number of benzene rings is 1. The zero-order valence-corrected chi connectivity index (χ0v) is 18.7. The van der Waals surface area contributed by atoms with Gasteiger partial charge < -0.3 is 34.5 Å². The zero-order valence-electron chi connectivity index (χ0n) is 18.7. The maximum absolute atomic E-state index is 13.2. The third-order valence-electron chi connectivity index (χ3n) is 5.61. The highest BCUT2D eigenvalue weighted by Gasteiger charge is 2.39. The number of nitrogens with one attached hydrogen (secondary N) is 2. The van der Waals surface area contributed by atoms with Crippen LogP contribution in [-0.4, -0.2) is 88.5 Å². The number of hydrogen-bond acceptors (Lipinski definition) is 7. The Kier molecular flexibility index (Phi) is 8.43. The van der Waals surface area contributed by atoms with Gasteiger partial charge in [0.15, 0.2) is 0 Å². The summed E-state index contributed by atoms with van der Waals surface area (Å²) in [5.41, 5.74) is 0.869. The molecule has 1 saturated heterocycles. The molecule has 10 nitrogen and oxygen atoms in total. The van der Waals surface area contributed by atoms with Crippen LogP contribution in [0.15, 0.2) is 18.2 Å². The van der Waals surface area contributed by atoms with Gasteiger partial charge >= 0.3 is 0 Å². The fraction of sp³-hybridized carbons (Fsp3) is 0.591. The molecule has 0 spiro atoms. The van der Waals surface area contributed by atoms with E-state index in [-0.39, 0.29) is 55.6 Å². The molecule has 1 fully saturated rings. The minimum atomic E-state index is -0.344. The summed E-state index contributed by atoms with van der Waals surface area (Å²) >= 11 is 0. The quantitative estimate of drug-likeness (QED) is 0.564. The van der Waals surface area contributed by atoms with E-state index in [2.05, 4.69) is 10.6 Å². The monoisotopic (exact) mass is 449 g/mol. The number of methoxy groups -OCH3 is 2. The molecule has 32 heavy (non-hydrogen) atoms. The molecule has 0 saturated carbocycles. The van der Waals surface area contributed by atoms with Crippen LogP contribution in [0.1, 0.15) is 29.6 Å². The molecule has 3 rings (SSSR count). The number of nitrogens with zero attached hydrogens (tertiary/aromatic N) is 1. The maximum Gasteiger partial charge on any atom is 0.257 e. The van der Waals surface area contributed by atoms with Gasteiger partial charge in [-0.2, -0.15) is 0 Å². The lowest BCUT2D eigenvalue weighted by molar-refractivity contribution is -0.134. The Bertz CT molecular complexity index is 832. The third-order valence-corrected chi connectivity index (χ3v) is 5.61. The van der Waals surface area contributed by atoms with E-state index in [9.17, 15) is 14.4 Å². The standard InChI is InChI=1S/C22H31N3O7/c1-25-17-6-5-15(11-20(26)23-8-9-29-2)32-19(17)12-31-18-7-4-14(10-16(18)22(25)28)24-21(27)13-30-3/h4,7,10,15,17,19H,5-6,8-9,11-13H2,1-3H3,(H,23,26)(H,24,27)/t15-,17+,19+/m1/s1. The number of anilines is 1. The summed E-state index contributed by atoms with van der Waals surface area (Å²) in [7, 11) is 4.76. The van der Waals surface area contributed by atoms with Crippen LogP contribution in [-0.2, 0) is 23.8 Å². The fourth-order valence-electron chi connectivity index (χ4n) is 4.00. The van der Waals surface area contributed by atoms with Gasteiger partial charge in [-0.3, -0.25) is 14.4 Å². The minimum Gasteiger partial charge on any atom is -0.490 e. The van der Waals surface area contributed by atoms with Gasteiger partial charge in [0.05, 0.1) is 30.7 Å². The highest BCUT2D eigenvalue weighted by atomic mass is 16.5. The van der Waals surface area contributed by atoms with E-state index in [1.165, 1.54) is 7.11 Å². The number of carbonyl (C=O) groups is 3. The van der Waals surface area contributed by atoms with Gasteiger partial charge in [-0.1, -0.05) is 0 Å². The Labute approximate surface area is 187 Å². The number of fused-ring (bicyclic) bond motifs is 2. The lowest BCUT2D eigenvalue weighted by atomic mass is 9.94. The Morgan fingerprint density at radius 2 is 2.00 bits per heavy atom. The summed E-state index contributed by atoms with van der Waals surface area (Å²) in [5, 5.41) is 5.51. The Morgan fingerprint density at radius 3 is 2.75 bits per heavy atom. The maximum atomic E-state index is 13.2. The van der Waals surface area contributed by atoms with Crippen molar-refractivity contribution in [2.75, 3.05) is 52.9 Å². The molecule has 1 aromatic rings. The molecule has 3 amide bonds. The van der Waals surface area contributed by atoms with Gasteiger partial charge in [0.1, 0.15) is 25.1 Å². The molecule has 0 aromatic heterocycles. The van der Waals surface area contributed by atoms with Crippen molar-refractivity contribution in [3.05, 3.63) is 23.8 Å². The third kappa shape index (κ3) is 5.96. The van der Waals surface area contributed by atoms with Crippen LogP contribution in [0, 0.1) is 0 Å². The molecule has 2 aliphatic rings. The average Bonchev–Trinajstić information content (AvgIpc) is 2.77. The van der Waals surface area contributed by atoms with Crippen molar-refractivity contribution in [3.8, 4) is 5.75 Å². The number of amides is 3. The van der Waals surface area contributed by atoms with E-state index in [0.29, 0.717) is 43.0 Å². The molecule has 0 unspecified atom stereocenters. The molecule has 0 bridgehead atoms. The van der Waals surface area contributed by atoms with Crippen molar-refractivity contribution in [1.29, 1.82) is 0 Å². The van der Waals surface area contributed by atoms with Gasteiger partial charge in [0, 0.05) is 33.5 Å². The molecular formula is C22H31N3O7. The van der Waals surface area contributed by atoms with E-state index < -0.39 is 0 Å². The molecule has 1 aromatic carbocycles. The van der Waals surface area contributed by atoms with Crippen LogP contribution in [0.2, 0.25) is 0 Å². The molecule has 2 aliphatic heterocycles. The molecule has 176 valence electrons. The molecule has 3 atom stereocenters. The average molecular weight is 450 g/mol. The molecule has 2 N–H and O–H groups in total. The normalized spacial score (nSPS) is 22.7. The van der Waals surface area contributed by atoms with Crippen LogP contribution in [0.3, 0.4) is 0 Å². The summed E-state index contributed by atoms with van der Waals surface area (Å²) < 4.78 is 21.9. The van der Waals surface area contributed by atoms with Crippen molar-refractivity contribution in [2.24, 2.45) is 0 Å². The second-order valence-electron chi connectivity index (χ2n) is 7.91. The van der Waals surface area contributed by atoms with Crippen molar-refractivity contribution in [2.45, 2.75) is 37.5 Å².